The van der Waals surface area contributed by atoms with Crippen molar-refractivity contribution in [3.8, 4) is 0 Å². The van der Waals surface area contributed by atoms with Gasteiger partial charge in [0, 0.05) is 16.7 Å². The van der Waals surface area contributed by atoms with Crippen molar-refractivity contribution in [2.75, 3.05) is 13.2 Å². The molecule has 0 saturated carbocycles. The van der Waals surface area contributed by atoms with E-state index in [9.17, 15) is 0 Å². The van der Waals surface area contributed by atoms with Crippen LogP contribution in [0.3, 0.4) is 0 Å². The molecular formula is C11H15Cl2NO. The Hall–Kier alpha value is -0.280. The second kappa shape index (κ2) is 6.33. The fourth-order valence-corrected chi connectivity index (χ4v) is 1.99. The van der Waals surface area contributed by atoms with E-state index < -0.39 is 0 Å². The van der Waals surface area contributed by atoms with Crippen molar-refractivity contribution < 1.29 is 5.11 Å². The minimum atomic E-state index is 0.110. The Labute approximate surface area is 100.0 Å². The van der Waals surface area contributed by atoms with Gasteiger partial charge < -0.3 is 10.8 Å². The molecule has 0 fully saturated rings. The first kappa shape index (κ1) is 12.8. The zero-order chi connectivity index (χ0) is 11.3. The third-order valence-electron chi connectivity index (χ3n) is 2.46. The Morgan fingerprint density at radius 1 is 1.27 bits per heavy atom. The lowest BCUT2D eigenvalue weighted by atomic mass is 10.0. The highest BCUT2D eigenvalue weighted by atomic mass is 35.5. The lowest BCUT2D eigenvalue weighted by Gasteiger charge is -2.12. The third-order valence-corrected chi connectivity index (χ3v) is 3.16. The Morgan fingerprint density at radius 2 is 1.87 bits per heavy atom. The Bertz CT molecular complexity index is 293. The van der Waals surface area contributed by atoms with Gasteiger partial charge in [-0.2, -0.15) is 0 Å². The lowest BCUT2D eigenvalue weighted by molar-refractivity contribution is 0.223. The molecule has 1 unspecified atom stereocenters. The number of aliphatic hydroxyl groups is 1. The Kier molecular flexibility index (Phi) is 5.40. The second-order valence-corrected chi connectivity index (χ2v) is 4.34. The quantitative estimate of drug-likeness (QED) is 0.840. The van der Waals surface area contributed by atoms with Crippen LogP contribution in [0.15, 0.2) is 18.2 Å². The highest BCUT2D eigenvalue weighted by Crippen LogP contribution is 2.26. The van der Waals surface area contributed by atoms with Crippen LogP contribution in [0.4, 0.5) is 0 Å². The van der Waals surface area contributed by atoms with Crippen LogP contribution >= 0.6 is 23.2 Å². The fraction of sp³-hybridized carbons (Fsp3) is 0.455. The standard InChI is InChI=1S/C11H15Cl2NO/c12-10-2-1-3-11(13)9(10)5-4-8(6-14)7-15/h1-3,8,15H,4-7,14H2. The predicted octanol–water partition coefficient (Wildman–Crippen LogP) is 2.49. The second-order valence-electron chi connectivity index (χ2n) is 3.52. The zero-order valence-electron chi connectivity index (χ0n) is 8.42. The van der Waals surface area contributed by atoms with Gasteiger partial charge in [-0.3, -0.25) is 0 Å². The predicted molar refractivity (Wildman–Crippen MR) is 64.4 cm³/mol. The van der Waals surface area contributed by atoms with Gasteiger partial charge in [-0.15, -0.1) is 0 Å². The molecule has 0 bridgehead atoms. The van der Waals surface area contributed by atoms with Crippen molar-refractivity contribution in [2.24, 2.45) is 11.7 Å². The number of hydrogen-bond acceptors (Lipinski definition) is 2. The summed E-state index contributed by atoms with van der Waals surface area (Å²) in [6.07, 6.45) is 1.55. The molecule has 0 radical (unpaired) electrons. The van der Waals surface area contributed by atoms with Gasteiger partial charge in [0.2, 0.25) is 0 Å². The summed E-state index contributed by atoms with van der Waals surface area (Å²) in [6, 6.07) is 5.46. The van der Waals surface area contributed by atoms with Crippen LogP contribution in [0.2, 0.25) is 10.0 Å². The number of benzene rings is 1. The maximum atomic E-state index is 9.00. The van der Waals surface area contributed by atoms with E-state index in [4.69, 9.17) is 34.0 Å². The summed E-state index contributed by atoms with van der Waals surface area (Å²) in [5, 5.41) is 10.4. The molecule has 84 valence electrons. The van der Waals surface area contributed by atoms with E-state index in [-0.39, 0.29) is 12.5 Å². The molecule has 0 spiro atoms. The minimum Gasteiger partial charge on any atom is -0.396 e. The Morgan fingerprint density at radius 3 is 2.33 bits per heavy atom. The largest absolute Gasteiger partial charge is 0.396 e. The Balaban J connectivity index is 2.64. The van der Waals surface area contributed by atoms with Crippen molar-refractivity contribution in [1.82, 2.24) is 0 Å². The molecule has 0 amide bonds. The minimum absolute atomic E-state index is 0.110. The van der Waals surface area contributed by atoms with Gasteiger partial charge in [0.25, 0.3) is 0 Å². The van der Waals surface area contributed by atoms with E-state index in [0.29, 0.717) is 16.6 Å². The molecule has 1 aromatic rings. The molecular weight excluding hydrogens is 233 g/mol. The van der Waals surface area contributed by atoms with E-state index in [0.717, 1.165) is 18.4 Å². The summed E-state index contributed by atoms with van der Waals surface area (Å²) >= 11 is 12.0. The van der Waals surface area contributed by atoms with E-state index in [2.05, 4.69) is 0 Å². The highest BCUT2D eigenvalue weighted by molar-refractivity contribution is 6.35. The van der Waals surface area contributed by atoms with Crippen LogP contribution < -0.4 is 5.73 Å². The van der Waals surface area contributed by atoms with Gasteiger partial charge in [-0.05, 0) is 43.0 Å². The van der Waals surface area contributed by atoms with Crippen molar-refractivity contribution in [1.29, 1.82) is 0 Å². The molecule has 1 aromatic carbocycles. The average Bonchev–Trinajstić information content (AvgIpc) is 2.23. The normalized spacial score (nSPS) is 12.8. The highest BCUT2D eigenvalue weighted by Gasteiger charge is 2.09. The summed E-state index contributed by atoms with van der Waals surface area (Å²) in [4.78, 5) is 0. The topological polar surface area (TPSA) is 46.2 Å². The third kappa shape index (κ3) is 3.65. The number of rotatable bonds is 5. The van der Waals surface area contributed by atoms with Crippen molar-refractivity contribution >= 4 is 23.2 Å². The number of hydrogen-bond donors (Lipinski definition) is 2. The SMILES string of the molecule is NCC(CO)CCc1c(Cl)cccc1Cl. The van der Waals surface area contributed by atoms with Gasteiger partial charge in [-0.25, -0.2) is 0 Å². The molecule has 4 heteroatoms. The van der Waals surface area contributed by atoms with Crippen LogP contribution in [0.5, 0.6) is 0 Å². The van der Waals surface area contributed by atoms with Gasteiger partial charge in [0.1, 0.15) is 0 Å². The van der Waals surface area contributed by atoms with E-state index in [1.54, 1.807) is 0 Å². The molecule has 1 atom stereocenters. The van der Waals surface area contributed by atoms with Gasteiger partial charge in [0.15, 0.2) is 0 Å². The summed E-state index contributed by atoms with van der Waals surface area (Å²) < 4.78 is 0. The number of nitrogens with two attached hydrogens (primary N) is 1. The molecule has 0 aliphatic rings. The molecule has 1 rings (SSSR count). The first-order valence-corrected chi connectivity index (χ1v) is 5.68. The maximum absolute atomic E-state index is 9.00. The van der Waals surface area contributed by atoms with E-state index >= 15 is 0 Å². The average molecular weight is 248 g/mol. The number of halogens is 2. The first-order valence-electron chi connectivity index (χ1n) is 4.92. The molecule has 0 saturated heterocycles. The van der Waals surface area contributed by atoms with E-state index in [1.807, 2.05) is 18.2 Å². The molecule has 2 nitrogen and oxygen atoms in total. The zero-order valence-corrected chi connectivity index (χ0v) is 9.93. The monoisotopic (exact) mass is 247 g/mol. The number of aliphatic hydroxyl groups excluding tert-OH is 1. The van der Waals surface area contributed by atoms with Gasteiger partial charge in [0.05, 0.1) is 0 Å². The van der Waals surface area contributed by atoms with Crippen LogP contribution in [-0.2, 0) is 6.42 Å². The summed E-state index contributed by atoms with van der Waals surface area (Å²) in [7, 11) is 0. The molecule has 15 heavy (non-hydrogen) atoms. The molecule has 0 heterocycles. The smallest absolute Gasteiger partial charge is 0.0471 e. The van der Waals surface area contributed by atoms with Crippen LogP contribution in [0.1, 0.15) is 12.0 Å². The lowest BCUT2D eigenvalue weighted by Crippen LogP contribution is -2.18. The fourth-order valence-electron chi connectivity index (χ4n) is 1.40. The van der Waals surface area contributed by atoms with Crippen LogP contribution in [-0.4, -0.2) is 18.3 Å². The summed E-state index contributed by atoms with van der Waals surface area (Å²) in [5.74, 6) is 0.123. The van der Waals surface area contributed by atoms with Crippen molar-refractivity contribution in [3.63, 3.8) is 0 Å². The molecule has 0 aromatic heterocycles. The van der Waals surface area contributed by atoms with Crippen molar-refractivity contribution in [2.45, 2.75) is 12.8 Å². The van der Waals surface area contributed by atoms with E-state index in [1.165, 1.54) is 0 Å². The van der Waals surface area contributed by atoms with Crippen LogP contribution in [0.25, 0.3) is 0 Å². The van der Waals surface area contributed by atoms with Gasteiger partial charge in [-0.1, -0.05) is 29.3 Å². The first-order chi connectivity index (χ1) is 7.19. The van der Waals surface area contributed by atoms with Crippen molar-refractivity contribution in [3.05, 3.63) is 33.8 Å². The molecule has 0 aliphatic heterocycles. The summed E-state index contributed by atoms with van der Waals surface area (Å²) in [5.41, 5.74) is 6.44. The van der Waals surface area contributed by atoms with Crippen LogP contribution in [0, 0.1) is 5.92 Å². The maximum Gasteiger partial charge on any atom is 0.0471 e. The summed E-state index contributed by atoms with van der Waals surface area (Å²) in [6.45, 7) is 0.594. The molecule has 0 aliphatic carbocycles. The van der Waals surface area contributed by atoms with Gasteiger partial charge >= 0.3 is 0 Å². The molecule has 3 N–H and O–H groups in total.